The lowest BCUT2D eigenvalue weighted by Crippen LogP contribution is -2.31. The van der Waals surface area contributed by atoms with Crippen molar-refractivity contribution in [3.05, 3.63) is 24.8 Å². The molecule has 1 unspecified atom stereocenters. The molecule has 0 aromatic carbocycles. The van der Waals surface area contributed by atoms with Crippen LogP contribution in [0.15, 0.2) is 24.8 Å². The lowest BCUT2D eigenvalue weighted by molar-refractivity contribution is -0.134. The van der Waals surface area contributed by atoms with Gasteiger partial charge in [-0.3, -0.25) is 4.57 Å². The Hall–Kier alpha value is -2.57. The molecule has 188 valence electrons. The number of anilines is 1. The summed E-state index contributed by atoms with van der Waals surface area (Å²) in [4.78, 5) is 31.4. The van der Waals surface area contributed by atoms with Gasteiger partial charge in [0.2, 0.25) is 0 Å². The van der Waals surface area contributed by atoms with Gasteiger partial charge >= 0.3 is 11.9 Å². The van der Waals surface area contributed by atoms with Gasteiger partial charge in [-0.2, -0.15) is 0 Å². The number of unbranched alkanes of at least 4 members (excludes halogenated alkanes) is 1. The zero-order chi connectivity index (χ0) is 25.0. The first kappa shape index (κ1) is 27.7. The van der Waals surface area contributed by atoms with Crippen LogP contribution in [-0.2, 0) is 30.0 Å². The van der Waals surface area contributed by atoms with Crippen molar-refractivity contribution in [2.24, 2.45) is 0 Å². The van der Waals surface area contributed by atoms with Crippen molar-refractivity contribution in [1.29, 1.82) is 0 Å². The molecule has 1 aliphatic rings. The molecule has 13 nitrogen and oxygen atoms in total. The number of hydrogen-bond acceptors (Lipinski definition) is 9. The molecule has 1 atom stereocenters. The van der Waals surface area contributed by atoms with E-state index in [0.29, 0.717) is 54.8 Å². The summed E-state index contributed by atoms with van der Waals surface area (Å²) in [5.41, 5.74) is 7.01. The summed E-state index contributed by atoms with van der Waals surface area (Å²) in [6.07, 6.45) is 6.94. The Morgan fingerprint density at radius 3 is 2.62 bits per heavy atom. The third-order valence-corrected chi connectivity index (χ3v) is 7.24. The maximum Gasteiger partial charge on any atom is 0.328 e. The van der Waals surface area contributed by atoms with Crippen LogP contribution in [0.3, 0.4) is 0 Å². The van der Waals surface area contributed by atoms with Crippen LogP contribution in [0.4, 0.5) is 5.82 Å². The van der Waals surface area contributed by atoms with E-state index in [0.717, 1.165) is 32.4 Å². The molecule has 0 radical (unpaired) electrons. The quantitative estimate of drug-likeness (QED) is 0.170. The number of carbonyl (C=O) groups is 2. The smallest absolute Gasteiger partial charge is 0.328 e. The fourth-order valence-corrected chi connectivity index (χ4v) is 5.26. The number of nitrogens with zero attached hydrogens (tertiary/aromatic N) is 5. The van der Waals surface area contributed by atoms with E-state index in [1.54, 1.807) is 6.33 Å². The Labute approximate surface area is 201 Å². The van der Waals surface area contributed by atoms with E-state index < -0.39 is 19.5 Å². The van der Waals surface area contributed by atoms with Crippen molar-refractivity contribution in [3.63, 3.8) is 0 Å². The largest absolute Gasteiger partial charge is 0.478 e. The molecule has 3 rings (SSSR count). The number of aromatic nitrogens is 4. The van der Waals surface area contributed by atoms with Gasteiger partial charge in [0.1, 0.15) is 18.2 Å². The highest BCUT2D eigenvalue weighted by Crippen LogP contribution is 2.53. The Morgan fingerprint density at radius 2 is 1.94 bits per heavy atom. The number of aliphatic carboxylic acids is 2. The Bertz CT molecular complexity index is 1020. The van der Waals surface area contributed by atoms with Gasteiger partial charge in [-0.05, 0) is 19.3 Å². The molecule has 0 saturated carbocycles. The number of nitrogen functional groups attached to an aromatic ring is 1. The highest BCUT2D eigenvalue weighted by Gasteiger charge is 2.34. The van der Waals surface area contributed by atoms with Gasteiger partial charge in [0, 0.05) is 37.7 Å². The van der Waals surface area contributed by atoms with E-state index in [1.165, 1.54) is 6.33 Å². The van der Waals surface area contributed by atoms with Crippen LogP contribution < -0.4 is 5.73 Å². The van der Waals surface area contributed by atoms with Crippen LogP contribution in [-0.4, -0.2) is 84.9 Å². The van der Waals surface area contributed by atoms with Crippen LogP contribution in [0.25, 0.3) is 11.2 Å². The van der Waals surface area contributed by atoms with E-state index in [-0.39, 0.29) is 6.35 Å². The van der Waals surface area contributed by atoms with Gasteiger partial charge < -0.3 is 29.8 Å². The molecular weight excluding hydrogens is 491 g/mol. The van der Waals surface area contributed by atoms with Crippen molar-refractivity contribution in [1.82, 2.24) is 24.2 Å². The fraction of sp³-hybridized carbons (Fsp3) is 0.526. The number of halogens is 1. The predicted molar refractivity (Wildman–Crippen MR) is 125 cm³/mol. The van der Waals surface area contributed by atoms with E-state index in [1.807, 2.05) is 9.24 Å². The van der Waals surface area contributed by atoms with Crippen molar-refractivity contribution in [3.8, 4) is 0 Å². The first-order chi connectivity index (χ1) is 16.3. The average Bonchev–Trinajstić information content (AvgIpc) is 3.22. The average molecular weight is 519 g/mol. The number of alkyl halides is 1. The molecule has 1 saturated heterocycles. The first-order valence-corrected chi connectivity index (χ1v) is 12.7. The third kappa shape index (κ3) is 8.65. The Morgan fingerprint density at radius 1 is 1.21 bits per heavy atom. The van der Waals surface area contributed by atoms with Crippen LogP contribution in [0.5, 0.6) is 0 Å². The summed E-state index contributed by atoms with van der Waals surface area (Å²) in [6.45, 7) is 2.90. The molecule has 1 aliphatic heterocycles. The minimum Gasteiger partial charge on any atom is -0.478 e. The van der Waals surface area contributed by atoms with Gasteiger partial charge in [-0.15, -0.1) is 11.6 Å². The Kier molecular flexibility index (Phi) is 11.4. The third-order valence-electron chi connectivity index (χ3n) is 4.61. The van der Waals surface area contributed by atoms with E-state index in [2.05, 4.69) is 15.0 Å². The van der Waals surface area contributed by atoms with Gasteiger partial charge in [0.05, 0.1) is 19.5 Å². The summed E-state index contributed by atoms with van der Waals surface area (Å²) in [6, 6.07) is 0. The minimum atomic E-state index is -2.93. The van der Waals surface area contributed by atoms with Crippen molar-refractivity contribution in [2.45, 2.75) is 25.8 Å². The molecule has 4 N–H and O–H groups in total. The predicted octanol–water partition coefficient (Wildman–Crippen LogP) is 2.03. The zero-order valence-electron chi connectivity index (χ0n) is 18.5. The molecule has 0 bridgehead atoms. The second-order valence-corrected chi connectivity index (χ2v) is 9.83. The number of carboxylic acid groups (broad SMARTS) is 2. The summed E-state index contributed by atoms with van der Waals surface area (Å²) in [5, 5.41) is 15.6. The van der Waals surface area contributed by atoms with Crippen molar-refractivity contribution < 1.29 is 33.6 Å². The summed E-state index contributed by atoms with van der Waals surface area (Å²) >= 11 is 5.72. The zero-order valence-corrected chi connectivity index (χ0v) is 20.1. The maximum absolute atomic E-state index is 13.1. The standard InChI is InChI=1S/C15H24ClN6O3P.C4H4O4/c16-4-1-2-5-22-6-3-8-25-26(22,23)12-24-9-7-21-11-20-13-14(17)18-10-19-15(13)21;5-3(6)1-2-4(7)8/h10-11H,1-9,12H2,(H2,17,18,19);1-2H,(H,5,6)(H,7,8)/b;2-1+. The van der Waals surface area contributed by atoms with E-state index in [9.17, 15) is 14.2 Å². The van der Waals surface area contributed by atoms with Crippen LogP contribution in [0.2, 0.25) is 0 Å². The number of ether oxygens (including phenoxy) is 1. The first-order valence-electron chi connectivity index (χ1n) is 10.4. The number of fused-ring (bicyclic) bond motifs is 1. The number of nitrogens with two attached hydrogens (primary N) is 1. The molecule has 0 aliphatic carbocycles. The molecule has 0 amide bonds. The molecule has 0 spiro atoms. The van der Waals surface area contributed by atoms with Crippen LogP contribution in [0, 0.1) is 0 Å². The van der Waals surface area contributed by atoms with E-state index in [4.69, 9.17) is 36.8 Å². The molecule has 34 heavy (non-hydrogen) atoms. The number of hydrogen-bond donors (Lipinski definition) is 3. The normalized spacial score (nSPS) is 18.6. The van der Waals surface area contributed by atoms with E-state index >= 15 is 0 Å². The van der Waals surface area contributed by atoms with Crippen LogP contribution in [0.1, 0.15) is 19.3 Å². The number of rotatable bonds is 11. The summed E-state index contributed by atoms with van der Waals surface area (Å²) < 4.78 is 28.1. The van der Waals surface area contributed by atoms with Crippen molar-refractivity contribution >= 4 is 48.0 Å². The van der Waals surface area contributed by atoms with Gasteiger partial charge in [0.25, 0.3) is 7.52 Å². The SMILES string of the molecule is Nc1ncnc2c1ncn2CCOCP1(=O)OCCCN1CCCCCl.O=C(O)/C=C/C(=O)O. The second kappa shape index (κ2) is 14.0. The number of imidazole rings is 1. The fourth-order valence-electron chi connectivity index (χ4n) is 3.01. The second-order valence-electron chi connectivity index (χ2n) is 7.09. The van der Waals surface area contributed by atoms with Gasteiger partial charge in [-0.25, -0.2) is 29.2 Å². The molecule has 1 fully saturated rings. The number of carboxylic acids is 2. The lowest BCUT2D eigenvalue weighted by atomic mass is 10.3. The topological polar surface area (TPSA) is 183 Å². The molecule has 3 heterocycles. The van der Waals surface area contributed by atoms with Crippen LogP contribution >= 0.6 is 19.1 Å². The van der Waals surface area contributed by atoms with Gasteiger partial charge in [0.15, 0.2) is 11.5 Å². The molecule has 2 aromatic rings. The minimum absolute atomic E-state index is 0.0810. The maximum atomic E-state index is 13.1. The molecular formula is C19H28ClN6O7P. The Balaban J connectivity index is 0.000000440. The molecule has 2 aromatic heterocycles. The van der Waals surface area contributed by atoms with Gasteiger partial charge in [-0.1, -0.05) is 0 Å². The highest BCUT2D eigenvalue weighted by molar-refractivity contribution is 7.56. The molecule has 15 heteroatoms. The highest BCUT2D eigenvalue weighted by atomic mass is 35.5. The monoisotopic (exact) mass is 518 g/mol. The summed E-state index contributed by atoms with van der Waals surface area (Å²) in [7, 11) is -2.93. The van der Waals surface area contributed by atoms with Crippen molar-refractivity contribution in [2.75, 3.05) is 44.3 Å². The lowest BCUT2D eigenvalue weighted by Gasteiger charge is -2.34. The summed E-state index contributed by atoms with van der Waals surface area (Å²) in [5.74, 6) is -1.55.